The Labute approximate surface area is 144 Å². The van der Waals surface area contributed by atoms with Crippen LogP contribution in [0.2, 0.25) is 0 Å². The predicted molar refractivity (Wildman–Crippen MR) is 87.3 cm³/mol. The van der Waals surface area contributed by atoms with E-state index >= 15 is 0 Å². The zero-order valence-corrected chi connectivity index (χ0v) is 13.4. The van der Waals surface area contributed by atoms with Crippen LogP contribution in [0.15, 0.2) is 47.4 Å². The number of nitrogens with two attached hydrogens (primary N) is 1. The number of hydrogen-bond donors (Lipinski definition) is 1. The number of benzene rings is 2. The van der Waals surface area contributed by atoms with Crippen molar-refractivity contribution in [2.24, 2.45) is 0 Å². The van der Waals surface area contributed by atoms with Crippen molar-refractivity contribution in [1.82, 2.24) is 9.55 Å². The highest BCUT2D eigenvalue weighted by atomic mass is 19.4. The second-order valence-corrected chi connectivity index (χ2v) is 5.60. The third-order valence-corrected chi connectivity index (χ3v) is 3.87. The van der Waals surface area contributed by atoms with Gasteiger partial charge in [0.1, 0.15) is 0 Å². The molecular formula is C17H13F4N3O2. The Morgan fingerprint density at radius 3 is 2.65 bits per heavy atom. The summed E-state index contributed by atoms with van der Waals surface area (Å²) in [5.74, 6) is -2.15. The van der Waals surface area contributed by atoms with E-state index in [2.05, 4.69) is 9.72 Å². The van der Waals surface area contributed by atoms with Gasteiger partial charge in [-0.3, -0.25) is 9.36 Å². The van der Waals surface area contributed by atoms with Gasteiger partial charge in [0.2, 0.25) is 0 Å². The molecule has 0 aliphatic carbocycles. The first-order valence-electron chi connectivity index (χ1n) is 7.48. The van der Waals surface area contributed by atoms with Crippen molar-refractivity contribution in [2.45, 2.75) is 19.3 Å². The molecule has 0 aliphatic heterocycles. The Hall–Kier alpha value is -3.10. The molecule has 26 heavy (non-hydrogen) atoms. The van der Waals surface area contributed by atoms with E-state index in [4.69, 9.17) is 5.73 Å². The fraction of sp³-hybridized carbons (Fsp3) is 0.176. The molecule has 3 aromatic rings. The van der Waals surface area contributed by atoms with Crippen LogP contribution in [0.1, 0.15) is 18.5 Å². The standard InChI is InChI=1S/C17H13F4N3O2/c1-9(11-3-2-4-14(16(11)18)26-17(19,20)21)24-13-6-5-10(22)7-12(13)23-8-15(24)25/h2-9H,22H2,1H3. The third-order valence-electron chi connectivity index (χ3n) is 3.87. The molecule has 0 amide bonds. The van der Waals surface area contributed by atoms with Crippen molar-refractivity contribution >= 4 is 16.7 Å². The minimum atomic E-state index is -5.03. The quantitative estimate of drug-likeness (QED) is 0.567. The van der Waals surface area contributed by atoms with E-state index in [0.717, 1.165) is 12.3 Å². The van der Waals surface area contributed by atoms with E-state index in [1.54, 1.807) is 12.1 Å². The number of halogens is 4. The summed E-state index contributed by atoms with van der Waals surface area (Å²) in [7, 11) is 0. The molecule has 1 unspecified atom stereocenters. The topological polar surface area (TPSA) is 70.1 Å². The van der Waals surface area contributed by atoms with Gasteiger partial charge in [-0.15, -0.1) is 13.2 Å². The Kier molecular flexibility index (Phi) is 4.31. The van der Waals surface area contributed by atoms with Crippen molar-refractivity contribution < 1.29 is 22.3 Å². The van der Waals surface area contributed by atoms with Gasteiger partial charge < -0.3 is 10.5 Å². The summed E-state index contributed by atoms with van der Waals surface area (Å²) < 4.78 is 56.8. The molecule has 0 saturated carbocycles. The summed E-state index contributed by atoms with van der Waals surface area (Å²) >= 11 is 0. The summed E-state index contributed by atoms with van der Waals surface area (Å²) in [5.41, 5.74) is 6.24. The number of aromatic nitrogens is 2. The molecule has 5 nitrogen and oxygen atoms in total. The highest BCUT2D eigenvalue weighted by molar-refractivity contribution is 5.78. The van der Waals surface area contributed by atoms with E-state index in [0.29, 0.717) is 16.7 Å². The normalized spacial score (nSPS) is 13.0. The third kappa shape index (κ3) is 3.32. The zero-order valence-electron chi connectivity index (χ0n) is 13.4. The molecule has 2 N–H and O–H groups in total. The number of fused-ring (bicyclic) bond motifs is 1. The summed E-state index contributed by atoms with van der Waals surface area (Å²) in [6.45, 7) is 1.49. The number of nitrogens with zero attached hydrogens (tertiary/aromatic N) is 2. The lowest BCUT2D eigenvalue weighted by Crippen LogP contribution is -2.25. The first kappa shape index (κ1) is 17.7. The van der Waals surface area contributed by atoms with Gasteiger partial charge in [-0.25, -0.2) is 9.37 Å². The largest absolute Gasteiger partial charge is 0.573 e. The number of rotatable bonds is 3. The predicted octanol–water partition coefficient (Wildman–Crippen LogP) is 3.63. The van der Waals surface area contributed by atoms with Crippen LogP contribution in [-0.2, 0) is 0 Å². The lowest BCUT2D eigenvalue weighted by molar-refractivity contribution is -0.275. The highest BCUT2D eigenvalue weighted by Crippen LogP contribution is 2.31. The van der Waals surface area contributed by atoms with Crippen LogP contribution in [0.5, 0.6) is 5.75 Å². The maximum atomic E-state index is 14.6. The van der Waals surface area contributed by atoms with Gasteiger partial charge in [-0.05, 0) is 31.2 Å². The number of alkyl halides is 3. The Balaban J connectivity index is 2.15. The lowest BCUT2D eigenvalue weighted by Gasteiger charge is -2.20. The molecule has 0 radical (unpaired) electrons. The van der Waals surface area contributed by atoms with Gasteiger partial charge >= 0.3 is 6.36 Å². The zero-order chi connectivity index (χ0) is 19.1. The Bertz CT molecular complexity index is 1030. The molecule has 3 rings (SSSR count). The molecule has 0 spiro atoms. The summed E-state index contributed by atoms with van der Waals surface area (Å²) in [5, 5.41) is 0. The number of anilines is 1. The first-order chi connectivity index (χ1) is 12.2. The molecular weight excluding hydrogens is 354 g/mol. The second-order valence-electron chi connectivity index (χ2n) is 5.60. The Morgan fingerprint density at radius 2 is 1.96 bits per heavy atom. The minimum Gasteiger partial charge on any atom is -0.403 e. The van der Waals surface area contributed by atoms with Crippen molar-refractivity contribution in [1.29, 1.82) is 0 Å². The van der Waals surface area contributed by atoms with Gasteiger partial charge in [-0.1, -0.05) is 12.1 Å². The lowest BCUT2D eigenvalue weighted by atomic mass is 10.1. The number of nitrogen functional groups attached to an aromatic ring is 1. The van der Waals surface area contributed by atoms with E-state index in [1.165, 1.54) is 29.7 Å². The second kappa shape index (κ2) is 6.32. The van der Waals surface area contributed by atoms with Crippen LogP contribution in [0.25, 0.3) is 11.0 Å². The van der Waals surface area contributed by atoms with Crippen LogP contribution in [-0.4, -0.2) is 15.9 Å². The van der Waals surface area contributed by atoms with Gasteiger partial charge in [0.25, 0.3) is 5.56 Å². The molecule has 136 valence electrons. The van der Waals surface area contributed by atoms with Crippen molar-refractivity contribution in [3.63, 3.8) is 0 Å². The molecule has 1 aromatic heterocycles. The molecule has 1 atom stereocenters. The van der Waals surface area contributed by atoms with Crippen molar-refractivity contribution in [2.75, 3.05) is 5.73 Å². The molecule has 0 fully saturated rings. The van der Waals surface area contributed by atoms with Crippen LogP contribution in [0, 0.1) is 5.82 Å². The van der Waals surface area contributed by atoms with Gasteiger partial charge in [0, 0.05) is 11.3 Å². The molecule has 2 aromatic carbocycles. The molecule has 0 aliphatic rings. The molecule has 1 heterocycles. The summed E-state index contributed by atoms with van der Waals surface area (Å²) in [4.78, 5) is 16.3. The molecule has 0 saturated heterocycles. The minimum absolute atomic E-state index is 0.127. The molecule has 9 heteroatoms. The number of ether oxygens (including phenoxy) is 1. The maximum absolute atomic E-state index is 14.6. The monoisotopic (exact) mass is 367 g/mol. The average molecular weight is 367 g/mol. The van der Waals surface area contributed by atoms with Gasteiger partial charge in [0.05, 0.1) is 23.3 Å². The fourth-order valence-electron chi connectivity index (χ4n) is 2.75. The Morgan fingerprint density at radius 1 is 1.23 bits per heavy atom. The van der Waals surface area contributed by atoms with Gasteiger partial charge in [-0.2, -0.15) is 0 Å². The maximum Gasteiger partial charge on any atom is 0.573 e. The van der Waals surface area contributed by atoms with Crippen LogP contribution < -0.4 is 16.0 Å². The average Bonchev–Trinajstić information content (AvgIpc) is 2.55. The smallest absolute Gasteiger partial charge is 0.403 e. The fourth-order valence-corrected chi connectivity index (χ4v) is 2.75. The van der Waals surface area contributed by atoms with Crippen LogP contribution in [0.3, 0.4) is 0 Å². The van der Waals surface area contributed by atoms with E-state index in [1.807, 2.05) is 0 Å². The van der Waals surface area contributed by atoms with E-state index in [9.17, 15) is 22.4 Å². The molecule has 0 bridgehead atoms. The van der Waals surface area contributed by atoms with Crippen molar-refractivity contribution in [3.05, 3.63) is 64.3 Å². The summed E-state index contributed by atoms with van der Waals surface area (Å²) in [6, 6.07) is 7.11. The number of hydrogen-bond acceptors (Lipinski definition) is 4. The highest BCUT2D eigenvalue weighted by Gasteiger charge is 2.33. The summed E-state index contributed by atoms with van der Waals surface area (Å²) in [6.07, 6.45) is -3.98. The van der Waals surface area contributed by atoms with Crippen LogP contribution >= 0.6 is 0 Å². The van der Waals surface area contributed by atoms with E-state index in [-0.39, 0.29) is 5.56 Å². The van der Waals surface area contributed by atoms with Crippen LogP contribution in [0.4, 0.5) is 23.2 Å². The first-order valence-corrected chi connectivity index (χ1v) is 7.48. The SMILES string of the molecule is CC(c1cccc(OC(F)(F)F)c1F)n1c(=O)cnc2cc(N)ccc21. The van der Waals surface area contributed by atoms with Gasteiger partial charge in [0.15, 0.2) is 11.6 Å². The van der Waals surface area contributed by atoms with E-state index < -0.39 is 29.5 Å². The van der Waals surface area contributed by atoms with Crippen molar-refractivity contribution in [3.8, 4) is 5.75 Å².